The summed E-state index contributed by atoms with van der Waals surface area (Å²) in [6.07, 6.45) is 0. The third-order valence-corrected chi connectivity index (χ3v) is 13.5. The first kappa shape index (κ1) is 41.4. The molecule has 0 aromatic heterocycles. The van der Waals surface area contributed by atoms with Gasteiger partial charge < -0.3 is 4.90 Å². The molecule has 0 amide bonds. The summed E-state index contributed by atoms with van der Waals surface area (Å²) in [5.41, 5.74) is 19.8. The summed E-state index contributed by atoms with van der Waals surface area (Å²) in [6.45, 7) is 0. The standard InChI is InChI=1S/C68H47N/c1-4-15-48(16-5-1)57-25-14-26-58(43-57)51-31-37-63(38-32-51)69(64-39-33-52(34-40-64)60-35-41-65(53-19-6-2-7-20-53)67(46-60)54-21-8-3-9-22-54)68-47-61(59-29-27-49-17-10-12-23-55(49)44-59)36-42-66(68)62-30-28-50-18-11-13-24-56(50)45-62/h1-47H. The Morgan fingerprint density at radius 2 is 0.536 bits per heavy atom. The topological polar surface area (TPSA) is 3.24 Å². The molecule has 0 aliphatic heterocycles. The van der Waals surface area contributed by atoms with Crippen LogP contribution in [0.1, 0.15) is 0 Å². The van der Waals surface area contributed by atoms with Gasteiger partial charge in [0.05, 0.1) is 5.69 Å². The second-order valence-electron chi connectivity index (χ2n) is 17.7. The van der Waals surface area contributed by atoms with Gasteiger partial charge in [-0.15, -0.1) is 0 Å². The molecule has 0 fully saturated rings. The molecule has 324 valence electrons. The van der Waals surface area contributed by atoms with Crippen LogP contribution in [0.25, 0.3) is 99.4 Å². The maximum Gasteiger partial charge on any atom is 0.0546 e. The predicted octanol–water partition coefficient (Wildman–Crippen LogP) is 19.1. The normalized spacial score (nSPS) is 11.2. The van der Waals surface area contributed by atoms with E-state index in [4.69, 9.17) is 0 Å². The molecule has 1 nitrogen and oxygen atoms in total. The highest BCUT2D eigenvalue weighted by Gasteiger charge is 2.20. The number of benzene rings is 12. The van der Waals surface area contributed by atoms with Crippen molar-refractivity contribution >= 4 is 38.6 Å². The summed E-state index contributed by atoms with van der Waals surface area (Å²) < 4.78 is 0. The third-order valence-electron chi connectivity index (χ3n) is 13.5. The first-order valence-corrected chi connectivity index (χ1v) is 23.7. The number of rotatable bonds is 10. The van der Waals surface area contributed by atoms with Crippen LogP contribution < -0.4 is 4.90 Å². The summed E-state index contributed by atoms with van der Waals surface area (Å²) >= 11 is 0. The molecule has 1 heteroatoms. The van der Waals surface area contributed by atoms with E-state index in [9.17, 15) is 0 Å². The van der Waals surface area contributed by atoms with Crippen LogP contribution >= 0.6 is 0 Å². The lowest BCUT2D eigenvalue weighted by atomic mass is 9.91. The van der Waals surface area contributed by atoms with E-state index in [1.807, 2.05) is 0 Å². The van der Waals surface area contributed by atoms with Crippen molar-refractivity contribution < 1.29 is 0 Å². The summed E-state index contributed by atoms with van der Waals surface area (Å²) in [4.78, 5) is 2.44. The molecule has 0 saturated heterocycles. The Morgan fingerprint density at radius 3 is 1.10 bits per heavy atom. The van der Waals surface area contributed by atoms with Gasteiger partial charge in [0, 0.05) is 16.9 Å². The Kier molecular flexibility index (Phi) is 11.0. The zero-order chi connectivity index (χ0) is 45.9. The number of anilines is 3. The minimum absolute atomic E-state index is 1.07. The second kappa shape index (κ2) is 18.3. The van der Waals surface area contributed by atoms with Gasteiger partial charge >= 0.3 is 0 Å². The maximum absolute atomic E-state index is 2.44. The van der Waals surface area contributed by atoms with Gasteiger partial charge in [0.15, 0.2) is 0 Å². The molecule has 0 aliphatic rings. The van der Waals surface area contributed by atoms with Gasteiger partial charge in [-0.1, -0.05) is 231 Å². The van der Waals surface area contributed by atoms with Gasteiger partial charge in [-0.05, 0) is 148 Å². The summed E-state index contributed by atoms with van der Waals surface area (Å²) in [6, 6.07) is 104. The molecule has 0 spiro atoms. The fourth-order valence-electron chi connectivity index (χ4n) is 9.86. The highest BCUT2D eigenvalue weighted by molar-refractivity contribution is 5.96. The Morgan fingerprint density at radius 1 is 0.174 bits per heavy atom. The van der Waals surface area contributed by atoms with Crippen molar-refractivity contribution in [1.29, 1.82) is 0 Å². The van der Waals surface area contributed by atoms with Gasteiger partial charge in [0.25, 0.3) is 0 Å². The molecule has 0 aliphatic carbocycles. The number of nitrogens with zero attached hydrogens (tertiary/aromatic N) is 1. The van der Waals surface area contributed by atoms with Crippen LogP contribution in [-0.4, -0.2) is 0 Å². The van der Waals surface area contributed by atoms with Crippen LogP contribution in [0.4, 0.5) is 17.1 Å². The molecule has 12 aromatic rings. The van der Waals surface area contributed by atoms with Crippen LogP contribution in [0.3, 0.4) is 0 Å². The van der Waals surface area contributed by atoms with E-state index in [1.165, 1.54) is 77.2 Å². The molecule has 0 heterocycles. The van der Waals surface area contributed by atoms with Crippen molar-refractivity contribution in [2.24, 2.45) is 0 Å². The molecule has 0 unspecified atom stereocenters. The minimum atomic E-state index is 1.07. The highest BCUT2D eigenvalue weighted by atomic mass is 15.1. The number of hydrogen-bond donors (Lipinski definition) is 0. The van der Waals surface area contributed by atoms with Crippen LogP contribution in [0.5, 0.6) is 0 Å². The lowest BCUT2D eigenvalue weighted by Gasteiger charge is -2.29. The molecule has 0 radical (unpaired) electrons. The zero-order valence-corrected chi connectivity index (χ0v) is 38.1. The van der Waals surface area contributed by atoms with Crippen molar-refractivity contribution in [2.45, 2.75) is 0 Å². The fourth-order valence-corrected chi connectivity index (χ4v) is 9.86. The third kappa shape index (κ3) is 8.39. The smallest absolute Gasteiger partial charge is 0.0546 e. The molecule has 69 heavy (non-hydrogen) atoms. The Balaban J connectivity index is 1.02. The first-order chi connectivity index (χ1) is 34.2. The highest BCUT2D eigenvalue weighted by Crippen LogP contribution is 2.45. The van der Waals surface area contributed by atoms with Crippen molar-refractivity contribution in [2.75, 3.05) is 4.90 Å². The van der Waals surface area contributed by atoms with E-state index in [1.54, 1.807) is 0 Å². The summed E-state index contributed by atoms with van der Waals surface area (Å²) in [5.74, 6) is 0. The van der Waals surface area contributed by atoms with E-state index >= 15 is 0 Å². The molecular formula is C68H47N. The van der Waals surface area contributed by atoms with E-state index in [0.29, 0.717) is 0 Å². The Hall–Kier alpha value is -9.04. The Bertz CT molecular complexity index is 3740. The summed E-state index contributed by atoms with van der Waals surface area (Å²) in [5, 5.41) is 4.89. The lowest BCUT2D eigenvalue weighted by molar-refractivity contribution is 1.28. The van der Waals surface area contributed by atoms with Gasteiger partial charge in [0.2, 0.25) is 0 Å². The zero-order valence-electron chi connectivity index (χ0n) is 38.1. The molecule has 0 atom stereocenters. The lowest BCUT2D eigenvalue weighted by Crippen LogP contribution is -2.11. The molecule has 0 bridgehead atoms. The van der Waals surface area contributed by atoms with Crippen LogP contribution in [-0.2, 0) is 0 Å². The van der Waals surface area contributed by atoms with Crippen molar-refractivity contribution in [1.82, 2.24) is 0 Å². The van der Waals surface area contributed by atoms with Crippen molar-refractivity contribution in [3.63, 3.8) is 0 Å². The monoisotopic (exact) mass is 877 g/mol. The number of fused-ring (bicyclic) bond motifs is 2. The molecule has 12 aromatic carbocycles. The van der Waals surface area contributed by atoms with Crippen molar-refractivity contribution in [3.05, 3.63) is 285 Å². The fraction of sp³-hybridized carbons (Fsp3) is 0. The second-order valence-corrected chi connectivity index (χ2v) is 17.7. The summed E-state index contributed by atoms with van der Waals surface area (Å²) in [7, 11) is 0. The van der Waals surface area contributed by atoms with Gasteiger partial charge in [-0.3, -0.25) is 0 Å². The van der Waals surface area contributed by atoms with E-state index < -0.39 is 0 Å². The van der Waals surface area contributed by atoms with E-state index in [-0.39, 0.29) is 0 Å². The maximum atomic E-state index is 2.44. The quantitative estimate of drug-likeness (QED) is 0.132. The van der Waals surface area contributed by atoms with Gasteiger partial charge in [0.1, 0.15) is 0 Å². The average Bonchev–Trinajstić information content (AvgIpc) is 3.44. The largest absolute Gasteiger partial charge is 0.310 e. The average molecular weight is 878 g/mol. The molecule has 0 N–H and O–H groups in total. The van der Waals surface area contributed by atoms with Crippen LogP contribution in [0.2, 0.25) is 0 Å². The SMILES string of the molecule is c1ccc(-c2cccc(-c3ccc(N(c4ccc(-c5ccc(-c6ccccc6)c(-c6ccccc6)c5)cc4)c4cc(-c5ccc6ccccc6c5)ccc4-c4ccc5ccccc5c4)cc3)c2)cc1. The van der Waals surface area contributed by atoms with Gasteiger partial charge in [-0.25, -0.2) is 0 Å². The minimum Gasteiger partial charge on any atom is -0.310 e. The molecule has 12 rings (SSSR count). The first-order valence-electron chi connectivity index (χ1n) is 23.7. The van der Waals surface area contributed by atoms with Crippen LogP contribution in [0, 0.1) is 0 Å². The van der Waals surface area contributed by atoms with E-state index in [0.717, 1.165) is 39.3 Å². The predicted molar refractivity (Wildman–Crippen MR) is 294 cm³/mol. The van der Waals surface area contributed by atoms with E-state index in [2.05, 4.69) is 290 Å². The van der Waals surface area contributed by atoms with Crippen LogP contribution in [0.15, 0.2) is 285 Å². The van der Waals surface area contributed by atoms with Crippen molar-refractivity contribution in [3.8, 4) is 77.9 Å². The van der Waals surface area contributed by atoms with Gasteiger partial charge in [-0.2, -0.15) is 0 Å². The Labute approximate surface area is 404 Å². The molecule has 0 saturated carbocycles. The number of hydrogen-bond acceptors (Lipinski definition) is 1. The molecular weight excluding hydrogens is 831 g/mol.